The highest BCUT2D eigenvalue weighted by atomic mass is 32.1. The highest BCUT2D eigenvalue weighted by Crippen LogP contribution is 2.49. The molecule has 196 valence electrons. The summed E-state index contributed by atoms with van der Waals surface area (Å²) in [6.45, 7) is 4.74. The van der Waals surface area contributed by atoms with Crippen LogP contribution < -0.4 is 9.06 Å². The Labute approximate surface area is 242 Å². The van der Waals surface area contributed by atoms with E-state index in [4.69, 9.17) is 15.0 Å². The maximum Gasteiger partial charge on any atom is 0.134 e. The quantitative estimate of drug-likeness (QED) is 0.229. The number of allylic oxidation sites excluding steroid dienone is 3. The van der Waals surface area contributed by atoms with Crippen LogP contribution in [-0.4, -0.2) is 15.7 Å². The van der Waals surface area contributed by atoms with Crippen molar-refractivity contribution < 1.29 is 0 Å². The largest absolute Gasteiger partial charge is 0.251 e. The minimum Gasteiger partial charge on any atom is -0.251 e. The topological polar surface area (TPSA) is 38.1 Å². The molecule has 0 N–H and O–H groups in total. The minimum atomic E-state index is -0.111. The molecule has 0 bridgehead atoms. The van der Waals surface area contributed by atoms with Crippen LogP contribution in [0.15, 0.2) is 108 Å². The first-order chi connectivity index (χ1) is 20.1. The molecule has 41 heavy (non-hydrogen) atoms. The van der Waals surface area contributed by atoms with E-state index < -0.39 is 0 Å². The third-order valence-electron chi connectivity index (χ3n) is 9.08. The molecule has 1 aliphatic heterocycles. The first kappa shape index (κ1) is 23.3. The number of aliphatic imine (C=N–C) groups is 1. The zero-order valence-electron chi connectivity index (χ0n) is 22.9. The van der Waals surface area contributed by atoms with Gasteiger partial charge in [0, 0.05) is 44.0 Å². The van der Waals surface area contributed by atoms with Gasteiger partial charge in [0.1, 0.15) is 5.82 Å². The predicted molar refractivity (Wildman–Crippen MR) is 169 cm³/mol. The van der Waals surface area contributed by atoms with Crippen LogP contribution in [-0.2, 0) is 5.41 Å². The summed E-state index contributed by atoms with van der Waals surface area (Å²) in [6, 6.07) is 27.7. The summed E-state index contributed by atoms with van der Waals surface area (Å²) in [5.74, 6) is 1.19. The van der Waals surface area contributed by atoms with E-state index in [0.29, 0.717) is 0 Å². The van der Waals surface area contributed by atoms with Crippen LogP contribution in [0.3, 0.4) is 0 Å². The van der Waals surface area contributed by atoms with Crippen molar-refractivity contribution >= 4 is 39.7 Å². The zero-order chi connectivity index (χ0) is 27.3. The minimum absolute atomic E-state index is 0.111. The maximum absolute atomic E-state index is 5.35. The summed E-state index contributed by atoms with van der Waals surface area (Å²) in [4.78, 5) is 15.8. The van der Waals surface area contributed by atoms with Crippen molar-refractivity contribution in [1.82, 2.24) is 9.97 Å². The van der Waals surface area contributed by atoms with E-state index >= 15 is 0 Å². The van der Waals surface area contributed by atoms with Crippen molar-refractivity contribution in [3.05, 3.63) is 129 Å². The summed E-state index contributed by atoms with van der Waals surface area (Å²) < 4.78 is 2.70. The lowest BCUT2D eigenvalue weighted by molar-refractivity contribution is 0.566. The molecule has 5 aromatic rings. The number of nitrogens with zero attached hydrogens (tertiary/aromatic N) is 3. The fourth-order valence-electron chi connectivity index (χ4n) is 7.33. The first-order valence-electron chi connectivity index (χ1n) is 14.4. The maximum atomic E-state index is 5.35. The highest BCUT2D eigenvalue weighted by Gasteiger charge is 2.44. The number of benzene rings is 3. The molecule has 0 amide bonds. The number of para-hydroxylation sites is 1. The van der Waals surface area contributed by atoms with Crippen LogP contribution in [0, 0.1) is 5.92 Å². The molecule has 4 aliphatic rings. The lowest BCUT2D eigenvalue weighted by atomic mass is 9.71. The van der Waals surface area contributed by atoms with Crippen molar-refractivity contribution in [1.29, 1.82) is 0 Å². The molecule has 0 radical (unpaired) electrons. The molecule has 3 aromatic carbocycles. The van der Waals surface area contributed by atoms with Gasteiger partial charge >= 0.3 is 0 Å². The molecule has 3 aliphatic carbocycles. The zero-order valence-corrected chi connectivity index (χ0v) is 23.7. The Morgan fingerprint density at radius 2 is 1.68 bits per heavy atom. The van der Waals surface area contributed by atoms with Gasteiger partial charge in [0.2, 0.25) is 0 Å². The van der Waals surface area contributed by atoms with Gasteiger partial charge in [-0.3, -0.25) is 4.99 Å². The number of rotatable bonds is 2. The number of hydrogen-bond donors (Lipinski definition) is 0. The van der Waals surface area contributed by atoms with E-state index in [-0.39, 0.29) is 17.3 Å². The highest BCUT2D eigenvalue weighted by molar-refractivity contribution is 7.08. The molecule has 2 atom stereocenters. The second-order valence-corrected chi connectivity index (χ2v) is 13.1. The Balaban J connectivity index is 1.24. The van der Waals surface area contributed by atoms with E-state index in [2.05, 4.69) is 117 Å². The molecule has 0 saturated heterocycles. The Bertz CT molecular complexity index is 2160. The van der Waals surface area contributed by atoms with Gasteiger partial charge in [0.25, 0.3) is 0 Å². The molecule has 0 fully saturated rings. The van der Waals surface area contributed by atoms with Crippen molar-refractivity contribution in [2.75, 3.05) is 0 Å². The molecule has 2 aromatic heterocycles. The second-order valence-electron chi connectivity index (χ2n) is 12.0. The summed E-state index contributed by atoms with van der Waals surface area (Å²) in [5, 5.41) is 1.09. The Morgan fingerprint density at radius 3 is 2.59 bits per heavy atom. The average Bonchev–Trinajstić information content (AvgIpc) is 3.67. The fourth-order valence-corrected chi connectivity index (χ4v) is 8.78. The van der Waals surface area contributed by atoms with Crippen LogP contribution in [0.2, 0.25) is 0 Å². The van der Waals surface area contributed by atoms with E-state index in [1.165, 1.54) is 36.9 Å². The van der Waals surface area contributed by atoms with Crippen molar-refractivity contribution in [2.45, 2.75) is 31.6 Å². The molecule has 4 heteroatoms. The van der Waals surface area contributed by atoms with Crippen LogP contribution in [0.5, 0.6) is 0 Å². The van der Waals surface area contributed by atoms with Crippen LogP contribution in [0.25, 0.3) is 45.1 Å². The molecular formula is C37H27N3S. The van der Waals surface area contributed by atoms with Crippen molar-refractivity contribution in [2.24, 2.45) is 10.9 Å². The molecule has 2 unspecified atom stereocenters. The van der Waals surface area contributed by atoms with Crippen LogP contribution in [0.1, 0.15) is 43.1 Å². The van der Waals surface area contributed by atoms with Gasteiger partial charge in [-0.05, 0) is 46.9 Å². The number of fused-ring (bicyclic) bond motifs is 9. The third-order valence-corrected chi connectivity index (χ3v) is 10.2. The van der Waals surface area contributed by atoms with Gasteiger partial charge in [0.15, 0.2) is 0 Å². The van der Waals surface area contributed by atoms with Gasteiger partial charge < -0.3 is 0 Å². The Kier molecular flexibility index (Phi) is 4.72. The van der Waals surface area contributed by atoms with Gasteiger partial charge in [-0.25, -0.2) is 9.97 Å². The summed E-state index contributed by atoms with van der Waals surface area (Å²) in [7, 11) is 0. The molecule has 9 rings (SSSR count). The van der Waals surface area contributed by atoms with E-state index in [1.54, 1.807) is 0 Å². The van der Waals surface area contributed by atoms with E-state index in [0.717, 1.165) is 45.8 Å². The number of aromatic nitrogens is 2. The summed E-state index contributed by atoms with van der Waals surface area (Å²) >= 11 is 1.91. The van der Waals surface area contributed by atoms with Gasteiger partial charge in [-0.2, -0.15) is 0 Å². The smallest absolute Gasteiger partial charge is 0.134 e. The Morgan fingerprint density at radius 1 is 0.878 bits per heavy atom. The third kappa shape index (κ3) is 3.28. The molecular weight excluding hydrogens is 518 g/mol. The fraction of sp³-hybridized carbons (Fsp3) is 0.162. The van der Waals surface area contributed by atoms with E-state index in [9.17, 15) is 0 Å². The molecule has 3 heterocycles. The van der Waals surface area contributed by atoms with Crippen molar-refractivity contribution in [3.8, 4) is 22.4 Å². The Hall–Kier alpha value is -4.41. The van der Waals surface area contributed by atoms with Gasteiger partial charge in [-0.15, -0.1) is 11.3 Å². The first-order valence-corrected chi connectivity index (χ1v) is 15.2. The van der Waals surface area contributed by atoms with Gasteiger partial charge in [-0.1, -0.05) is 98.8 Å². The van der Waals surface area contributed by atoms with Crippen molar-refractivity contribution in [3.63, 3.8) is 0 Å². The average molecular weight is 546 g/mol. The SMILES string of the molecule is CC1(C)C=C2C(=c3sc4c(c31)-c1ccccc1C=4)N=C1C=CCC(c3nc(-c4ccccc4)c4ccccc4n3)C21. The lowest BCUT2D eigenvalue weighted by Crippen LogP contribution is -2.31. The molecule has 0 spiro atoms. The molecule has 0 saturated carbocycles. The van der Waals surface area contributed by atoms with E-state index in [1.807, 2.05) is 11.3 Å². The second kappa shape index (κ2) is 8.31. The number of hydrogen-bond acceptors (Lipinski definition) is 4. The normalized spacial score (nSPS) is 20.9. The standard InChI is InChI=1S/C37H27N3S/c1-37(2)20-26-30-25(36-39-27-17-9-8-15-24(27)33(40-36)21-11-4-3-5-12-21)16-10-18-28(30)38-34(26)35-32(37)31-23-14-7-6-13-22(23)19-29(31)41-35/h3-15,17-20,25,30H,16H2,1-2H3. The van der Waals surface area contributed by atoms with Crippen LogP contribution >= 0.6 is 11.3 Å². The van der Waals surface area contributed by atoms with Gasteiger partial charge in [0.05, 0.1) is 21.4 Å². The summed E-state index contributed by atoms with van der Waals surface area (Å²) in [6.07, 6.45) is 10.3. The predicted octanol–water partition coefficient (Wildman–Crippen LogP) is 7.31. The number of thiophene rings is 1. The summed E-state index contributed by atoms with van der Waals surface area (Å²) in [5.41, 5.74) is 12.2. The lowest BCUT2D eigenvalue weighted by Gasteiger charge is -2.32. The monoisotopic (exact) mass is 545 g/mol. The van der Waals surface area contributed by atoms with Crippen LogP contribution in [0.4, 0.5) is 0 Å². The molecule has 3 nitrogen and oxygen atoms in total.